The lowest BCUT2D eigenvalue weighted by molar-refractivity contribution is 0.562. The molecule has 0 nitrogen and oxygen atoms in total. The Balaban J connectivity index is 4.84. The van der Waals surface area contributed by atoms with E-state index in [1.165, 1.54) is 6.92 Å². The van der Waals surface area contributed by atoms with Crippen molar-refractivity contribution in [3.63, 3.8) is 0 Å². The van der Waals surface area contributed by atoms with Crippen LogP contribution in [0.3, 0.4) is 0 Å². The van der Waals surface area contributed by atoms with Crippen molar-refractivity contribution in [2.24, 2.45) is 0 Å². The molecule has 0 rings (SSSR count). The van der Waals surface area contributed by atoms with Gasteiger partial charge in [0.15, 0.2) is 0 Å². The van der Waals surface area contributed by atoms with Crippen LogP contribution in [0.4, 0.5) is 8.78 Å². The standard InChI is InChI=1S/C9H18F2Si/c1-5-12(6-2,7-3)9(11)8(4)10/h5-7H2,1-4H3. The second kappa shape index (κ2) is 4.75. The molecule has 12 heavy (non-hydrogen) atoms. The van der Waals surface area contributed by atoms with Crippen LogP contribution < -0.4 is 0 Å². The molecule has 0 saturated carbocycles. The van der Waals surface area contributed by atoms with E-state index in [4.69, 9.17) is 0 Å². The van der Waals surface area contributed by atoms with E-state index >= 15 is 0 Å². The van der Waals surface area contributed by atoms with Gasteiger partial charge in [0.05, 0.1) is 0 Å². The summed E-state index contributed by atoms with van der Waals surface area (Å²) in [6, 6.07) is 2.40. The molecular weight excluding hydrogens is 174 g/mol. The molecule has 0 fully saturated rings. The second-order valence-electron chi connectivity index (χ2n) is 3.19. The predicted octanol–water partition coefficient (Wildman–Crippen LogP) is 4.20. The maximum absolute atomic E-state index is 13.4. The van der Waals surface area contributed by atoms with Crippen molar-refractivity contribution < 1.29 is 8.78 Å². The van der Waals surface area contributed by atoms with Gasteiger partial charge in [-0.2, -0.15) is 0 Å². The summed E-state index contributed by atoms with van der Waals surface area (Å²) in [5.41, 5.74) is -0.421. The average molecular weight is 192 g/mol. The molecule has 0 aliphatic carbocycles. The number of hydrogen-bond acceptors (Lipinski definition) is 0. The highest BCUT2D eigenvalue weighted by Crippen LogP contribution is 2.31. The van der Waals surface area contributed by atoms with Gasteiger partial charge in [0.1, 0.15) is 19.4 Å². The van der Waals surface area contributed by atoms with Gasteiger partial charge in [-0.15, -0.1) is 0 Å². The van der Waals surface area contributed by atoms with Crippen LogP contribution in [0.1, 0.15) is 27.7 Å². The van der Waals surface area contributed by atoms with Gasteiger partial charge in [0, 0.05) is 0 Å². The maximum atomic E-state index is 13.4. The SMILES string of the molecule is CC[Si](CC)(CC)C(F)=C(C)F. The van der Waals surface area contributed by atoms with Crippen LogP contribution in [0.5, 0.6) is 0 Å². The lowest BCUT2D eigenvalue weighted by Gasteiger charge is -2.25. The van der Waals surface area contributed by atoms with E-state index in [-0.39, 0.29) is 0 Å². The maximum Gasteiger partial charge on any atom is 0.126 e. The molecule has 0 aliphatic heterocycles. The van der Waals surface area contributed by atoms with Gasteiger partial charge in [-0.3, -0.25) is 0 Å². The molecule has 0 saturated heterocycles. The zero-order chi connectivity index (χ0) is 9.78. The van der Waals surface area contributed by atoms with Gasteiger partial charge in [-0.05, 0) is 6.92 Å². The molecule has 0 radical (unpaired) electrons. The van der Waals surface area contributed by atoms with Gasteiger partial charge in [0.2, 0.25) is 0 Å². The summed E-state index contributed by atoms with van der Waals surface area (Å²) in [6.07, 6.45) is 0. The van der Waals surface area contributed by atoms with Crippen LogP contribution in [-0.2, 0) is 0 Å². The van der Waals surface area contributed by atoms with Gasteiger partial charge < -0.3 is 0 Å². The van der Waals surface area contributed by atoms with Crippen molar-refractivity contribution >= 4 is 8.07 Å². The Morgan fingerprint density at radius 2 is 1.33 bits per heavy atom. The topological polar surface area (TPSA) is 0 Å². The third kappa shape index (κ3) is 2.16. The quantitative estimate of drug-likeness (QED) is 0.585. The van der Waals surface area contributed by atoms with Crippen molar-refractivity contribution in [3.8, 4) is 0 Å². The molecule has 0 aromatic heterocycles. The summed E-state index contributed by atoms with van der Waals surface area (Å²) >= 11 is 0. The summed E-state index contributed by atoms with van der Waals surface area (Å²) in [6.45, 7) is 7.10. The number of allylic oxidation sites excluding steroid dienone is 1. The molecule has 0 aliphatic rings. The fourth-order valence-electron chi connectivity index (χ4n) is 1.58. The second-order valence-corrected chi connectivity index (χ2v) is 8.31. The van der Waals surface area contributed by atoms with Gasteiger partial charge in [-0.25, -0.2) is 8.78 Å². The first-order valence-corrected chi connectivity index (χ1v) is 7.18. The fourth-order valence-corrected chi connectivity index (χ4v) is 4.74. The van der Waals surface area contributed by atoms with Gasteiger partial charge in [-0.1, -0.05) is 38.9 Å². The molecule has 0 aromatic rings. The van der Waals surface area contributed by atoms with Gasteiger partial charge >= 0.3 is 0 Å². The van der Waals surface area contributed by atoms with Crippen LogP contribution >= 0.6 is 0 Å². The first-order chi connectivity index (χ1) is 5.54. The highest BCUT2D eigenvalue weighted by Gasteiger charge is 2.34. The zero-order valence-electron chi connectivity index (χ0n) is 8.38. The molecule has 72 valence electrons. The van der Waals surface area contributed by atoms with Crippen molar-refractivity contribution in [2.45, 2.75) is 45.8 Å². The molecule has 0 bridgehead atoms. The van der Waals surface area contributed by atoms with Crippen molar-refractivity contribution in [1.29, 1.82) is 0 Å². The smallest absolute Gasteiger partial charge is 0.126 e. The van der Waals surface area contributed by atoms with Crippen LogP contribution in [-0.4, -0.2) is 8.07 Å². The van der Waals surface area contributed by atoms with E-state index in [1.54, 1.807) is 0 Å². The summed E-state index contributed by atoms with van der Waals surface area (Å²) in [5.74, 6) is -0.604. The molecule has 0 heterocycles. The molecule has 0 aromatic carbocycles. The Bertz CT molecular complexity index is 159. The van der Waals surface area contributed by atoms with Crippen molar-refractivity contribution in [3.05, 3.63) is 11.3 Å². The van der Waals surface area contributed by atoms with Crippen LogP contribution in [0, 0.1) is 0 Å². The van der Waals surface area contributed by atoms with E-state index in [2.05, 4.69) is 0 Å². The minimum atomic E-state index is -2.05. The van der Waals surface area contributed by atoms with E-state index in [9.17, 15) is 8.78 Å². The highest BCUT2D eigenvalue weighted by atomic mass is 28.3. The Kier molecular flexibility index (Phi) is 4.68. The summed E-state index contributed by atoms with van der Waals surface area (Å²) in [7, 11) is -2.05. The molecule has 0 N–H and O–H groups in total. The van der Waals surface area contributed by atoms with Crippen LogP contribution in [0.2, 0.25) is 18.1 Å². The molecule has 0 amide bonds. The number of halogens is 2. The fraction of sp³-hybridized carbons (Fsp3) is 0.778. The minimum Gasteiger partial charge on any atom is -0.215 e. The van der Waals surface area contributed by atoms with Crippen LogP contribution in [0.15, 0.2) is 11.3 Å². The largest absolute Gasteiger partial charge is 0.215 e. The lowest BCUT2D eigenvalue weighted by atomic mass is 10.7. The van der Waals surface area contributed by atoms with E-state index in [0.717, 1.165) is 18.1 Å². The zero-order valence-corrected chi connectivity index (χ0v) is 9.38. The van der Waals surface area contributed by atoms with Crippen molar-refractivity contribution in [2.75, 3.05) is 0 Å². The summed E-state index contributed by atoms with van der Waals surface area (Å²) < 4.78 is 26.1. The average Bonchev–Trinajstić information content (AvgIpc) is 2.08. The van der Waals surface area contributed by atoms with E-state index < -0.39 is 19.4 Å². The predicted molar refractivity (Wildman–Crippen MR) is 52.1 cm³/mol. The Hall–Kier alpha value is -0.183. The Morgan fingerprint density at radius 1 is 1.00 bits per heavy atom. The molecule has 0 unspecified atom stereocenters. The molecule has 0 atom stereocenters. The molecular formula is C9H18F2Si. The van der Waals surface area contributed by atoms with Crippen molar-refractivity contribution in [1.82, 2.24) is 0 Å². The number of rotatable bonds is 4. The van der Waals surface area contributed by atoms with E-state index in [1.807, 2.05) is 20.8 Å². The van der Waals surface area contributed by atoms with E-state index in [0.29, 0.717) is 0 Å². The third-order valence-electron chi connectivity index (χ3n) is 2.80. The van der Waals surface area contributed by atoms with Crippen LogP contribution in [0.25, 0.3) is 0 Å². The summed E-state index contributed by atoms with van der Waals surface area (Å²) in [5, 5.41) is 0. The molecule has 0 spiro atoms. The first-order valence-electron chi connectivity index (χ1n) is 4.56. The number of hydrogen-bond donors (Lipinski definition) is 0. The normalized spacial score (nSPS) is 14.5. The Labute approximate surface area is 74.7 Å². The highest BCUT2D eigenvalue weighted by molar-refractivity contribution is 6.85. The monoisotopic (exact) mass is 192 g/mol. The summed E-state index contributed by atoms with van der Waals surface area (Å²) in [4.78, 5) is 0. The minimum absolute atomic E-state index is 0.421. The molecule has 3 heteroatoms. The lowest BCUT2D eigenvalue weighted by Crippen LogP contribution is -2.33. The van der Waals surface area contributed by atoms with Gasteiger partial charge in [0.25, 0.3) is 0 Å². The first kappa shape index (κ1) is 11.8. The Morgan fingerprint density at radius 3 is 1.42 bits per heavy atom. The third-order valence-corrected chi connectivity index (χ3v) is 8.13.